The molecule has 2 rings (SSSR count). The maximum absolute atomic E-state index is 13.7. The highest BCUT2D eigenvalue weighted by atomic mass is 79.9. The quantitative estimate of drug-likeness (QED) is 0.727. The molecule has 4 nitrogen and oxygen atoms in total. The molecule has 1 aromatic rings. The summed E-state index contributed by atoms with van der Waals surface area (Å²) in [6.07, 6.45) is 0. The van der Waals surface area contributed by atoms with Crippen LogP contribution in [0, 0.1) is 0 Å². The highest BCUT2D eigenvalue weighted by molar-refractivity contribution is 9.11. The van der Waals surface area contributed by atoms with Crippen LogP contribution in [0.5, 0.6) is 0 Å². The largest absolute Gasteiger partial charge is 0.390 e. The summed E-state index contributed by atoms with van der Waals surface area (Å²) in [6.45, 7) is -1.64. The molecule has 0 radical (unpaired) electrons. The van der Waals surface area contributed by atoms with Crippen molar-refractivity contribution >= 4 is 43.5 Å². The van der Waals surface area contributed by atoms with Gasteiger partial charge in [-0.15, -0.1) is 0 Å². The molecule has 1 aromatic carbocycles. The molecule has 0 aromatic heterocycles. The number of halogens is 4. The molecule has 1 amide bonds. The highest BCUT2D eigenvalue weighted by Gasteiger charge is 2.63. The molecule has 0 bridgehead atoms. The van der Waals surface area contributed by atoms with Gasteiger partial charge in [0.1, 0.15) is 6.61 Å². The van der Waals surface area contributed by atoms with Crippen LogP contribution >= 0.6 is 31.9 Å². The van der Waals surface area contributed by atoms with E-state index in [9.17, 15) is 18.7 Å². The molecule has 0 aliphatic carbocycles. The van der Waals surface area contributed by atoms with Crippen LogP contribution in [-0.4, -0.2) is 28.6 Å². The van der Waals surface area contributed by atoms with Crippen molar-refractivity contribution in [1.29, 1.82) is 0 Å². The Morgan fingerprint density at radius 1 is 1.39 bits per heavy atom. The number of carbonyl (C=O) groups excluding carboxylic acids is 1. The molecule has 0 spiro atoms. The first-order valence-electron chi connectivity index (χ1n) is 4.76. The van der Waals surface area contributed by atoms with Gasteiger partial charge < -0.3 is 15.5 Å². The van der Waals surface area contributed by atoms with Gasteiger partial charge in [0, 0.05) is 20.2 Å². The minimum Gasteiger partial charge on any atom is -0.390 e. The highest BCUT2D eigenvalue weighted by Crippen LogP contribution is 2.49. The lowest BCUT2D eigenvalue weighted by molar-refractivity contribution is -0.202. The molecule has 3 N–H and O–H groups in total. The summed E-state index contributed by atoms with van der Waals surface area (Å²) in [4.78, 5) is 11.6. The van der Waals surface area contributed by atoms with Crippen LogP contribution in [0.3, 0.4) is 0 Å². The average Bonchev–Trinajstić information content (AvgIpc) is 2.52. The first-order chi connectivity index (χ1) is 8.24. The predicted octanol–water partition coefficient (Wildman–Crippen LogP) is 1.98. The van der Waals surface area contributed by atoms with Gasteiger partial charge >= 0.3 is 5.92 Å². The first kappa shape index (κ1) is 13.9. The van der Waals surface area contributed by atoms with E-state index >= 15 is 0 Å². The van der Waals surface area contributed by atoms with E-state index in [0.717, 1.165) is 0 Å². The molecule has 8 heteroatoms. The molecule has 0 saturated heterocycles. The van der Waals surface area contributed by atoms with Crippen LogP contribution in [0.1, 0.15) is 5.56 Å². The van der Waals surface area contributed by atoms with E-state index in [-0.39, 0.29) is 15.7 Å². The fourth-order valence-corrected chi connectivity index (χ4v) is 3.34. The van der Waals surface area contributed by atoms with Crippen LogP contribution in [-0.2, 0) is 10.4 Å². The summed E-state index contributed by atoms with van der Waals surface area (Å²) in [7, 11) is 0. The Morgan fingerprint density at radius 2 is 2.00 bits per heavy atom. The molecule has 0 fully saturated rings. The SMILES string of the molecule is O=C1Nc2cc(Br)cc(Br)c2[C@]1(O)C(F)(F)CO. The Labute approximate surface area is 117 Å². The molecule has 0 saturated carbocycles. The van der Waals surface area contributed by atoms with Gasteiger partial charge in [0.25, 0.3) is 5.91 Å². The molecule has 1 atom stereocenters. The van der Waals surface area contributed by atoms with Gasteiger partial charge in [0.05, 0.1) is 0 Å². The predicted molar refractivity (Wildman–Crippen MR) is 66.4 cm³/mol. The third-order valence-electron chi connectivity index (χ3n) is 2.72. The van der Waals surface area contributed by atoms with Crippen molar-refractivity contribution in [3.63, 3.8) is 0 Å². The fraction of sp³-hybridized carbons (Fsp3) is 0.300. The van der Waals surface area contributed by atoms with Gasteiger partial charge in [-0.1, -0.05) is 31.9 Å². The topological polar surface area (TPSA) is 69.6 Å². The lowest BCUT2D eigenvalue weighted by Gasteiger charge is -2.29. The lowest BCUT2D eigenvalue weighted by atomic mass is 9.89. The van der Waals surface area contributed by atoms with Crippen molar-refractivity contribution < 1.29 is 23.8 Å². The van der Waals surface area contributed by atoms with Crippen molar-refractivity contribution in [1.82, 2.24) is 0 Å². The van der Waals surface area contributed by atoms with Crippen LogP contribution < -0.4 is 5.32 Å². The van der Waals surface area contributed by atoms with E-state index in [1.807, 2.05) is 0 Å². The number of fused-ring (bicyclic) bond motifs is 1. The van der Waals surface area contributed by atoms with E-state index in [1.54, 1.807) is 0 Å². The Hall–Kier alpha value is -0.570. The third-order valence-corrected chi connectivity index (χ3v) is 3.80. The molecule has 98 valence electrons. The average molecular weight is 387 g/mol. The first-order valence-corrected chi connectivity index (χ1v) is 6.34. The number of alkyl halides is 2. The number of nitrogens with one attached hydrogen (secondary N) is 1. The molecule has 1 aliphatic heterocycles. The Kier molecular flexibility index (Phi) is 3.25. The summed E-state index contributed by atoms with van der Waals surface area (Å²) in [5.74, 6) is -5.26. The van der Waals surface area contributed by atoms with Gasteiger partial charge in [-0.25, -0.2) is 0 Å². The molecular formula is C10H7Br2F2NO3. The number of amides is 1. The van der Waals surface area contributed by atoms with Gasteiger partial charge in [-0.05, 0) is 12.1 Å². The van der Waals surface area contributed by atoms with Crippen LogP contribution in [0.2, 0.25) is 0 Å². The van der Waals surface area contributed by atoms with E-state index in [0.29, 0.717) is 4.47 Å². The number of hydrogen-bond donors (Lipinski definition) is 3. The lowest BCUT2D eigenvalue weighted by Crippen LogP contribution is -2.52. The van der Waals surface area contributed by atoms with E-state index in [1.165, 1.54) is 12.1 Å². The molecule has 0 unspecified atom stereocenters. The zero-order chi connectivity index (χ0) is 13.7. The van der Waals surface area contributed by atoms with Crippen LogP contribution in [0.4, 0.5) is 14.5 Å². The second-order valence-corrected chi connectivity index (χ2v) is 5.61. The maximum atomic E-state index is 13.7. The molecule has 18 heavy (non-hydrogen) atoms. The Morgan fingerprint density at radius 3 is 2.56 bits per heavy atom. The number of benzene rings is 1. The van der Waals surface area contributed by atoms with Crippen molar-refractivity contribution in [2.75, 3.05) is 11.9 Å². The van der Waals surface area contributed by atoms with Gasteiger partial charge in [-0.2, -0.15) is 8.78 Å². The monoisotopic (exact) mass is 385 g/mol. The summed E-state index contributed by atoms with van der Waals surface area (Å²) < 4.78 is 28.0. The number of aliphatic hydroxyl groups is 2. The number of anilines is 1. The maximum Gasteiger partial charge on any atom is 0.312 e. The summed E-state index contributed by atoms with van der Waals surface area (Å²) in [5, 5.41) is 20.9. The third kappa shape index (κ3) is 1.70. The fourth-order valence-electron chi connectivity index (χ4n) is 1.83. The van der Waals surface area contributed by atoms with E-state index < -0.39 is 24.0 Å². The summed E-state index contributed by atoms with van der Waals surface area (Å²) in [5.41, 5.74) is -3.30. The smallest absolute Gasteiger partial charge is 0.312 e. The summed E-state index contributed by atoms with van der Waals surface area (Å²) in [6, 6.07) is 2.82. The van der Waals surface area contributed by atoms with Crippen LogP contribution in [0.15, 0.2) is 21.1 Å². The standard InChI is InChI=1S/C10H7Br2F2NO3/c11-4-1-5(12)7-6(2-4)15-8(17)10(7,18)9(13,14)3-16/h1-2,16,18H,3H2,(H,15,17)/t10-/m1/s1. The zero-order valence-electron chi connectivity index (χ0n) is 8.68. The second-order valence-electron chi connectivity index (χ2n) is 3.84. The zero-order valence-corrected chi connectivity index (χ0v) is 11.8. The molecule has 1 heterocycles. The molecular weight excluding hydrogens is 380 g/mol. The van der Waals surface area contributed by atoms with Gasteiger partial charge in [0.15, 0.2) is 0 Å². The van der Waals surface area contributed by atoms with Crippen LogP contribution in [0.25, 0.3) is 0 Å². The normalized spacial score (nSPS) is 22.9. The van der Waals surface area contributed by atoms with E-state index in [2.05, 4.69) is 37.2 Å². The van der Waals surface area contributed by atoms with Crippen molar-refractivity contribution in [2.45, 2.75) is 11.5 Å². The van der Waals surface area contributed by atoms with Gasteiger partial charge in [-0.3, -0.25) is 4.79 Å². The van der Waals surface area contributed by atoms with Crippen molar-refractivity contribution in [2.24, 2.45) is 0 Å². The minimum absolute atomic E-state index is 0.0666. The minimum atomic E-state index is -3.99. The number of hydrogen-bond acceptors (Lipinski definition) is 3. The Balaban J connectivity index is 2.72. The number of carbonyl (C=O) groups is 1. The molecule has 1 aliphatic rings. The summed E-state index contributed by atoms with van der Waals surface area (Å²) >= 11 is 6.17. The van der Waals surface area contributed by atoms with Crippen molar-refractivity contribution in [3.8, 4) is 0 Å². The van der Waals surface area contributed by atoms with E-state index in [4.69, 9.17) is 5.11 Å². The van der Waals surface area contributed by atoms with Gasteiger partial charge in [0.2, 0.25) is 5.60 Å². The Bertz CT molecular complexity index is 538. The second kappa shape index (κ2) is 4.22. The number of rotatable bonds is 2. The van der Waals surface area contributed by atoms with Crippen molar-refractivity contribution in [3.05, 3.63) is 26.6 Å². The number of aliphatic hydroxyl groups excluding tert-OH is 1.